The lowest BCUT2D eigenvalue weighted by Gasteiger charge is -2.51. The van der Waals surface area contributed by atoms with E-state index in [-0.39, 0.29) is 17.8 Å². The van der Waals surface area contributed by atoms with Crippen molar-refractivity contribution in [3.05, 3.63) is 35.6 Å². The van der Waals surface area contributed by atoms with Crippen LogP contribution in [0.15, 0.2) is 24.3 Å². The van der Waals surface area contributed by atoms with Crippen LogP contribution in [0.5, 0.6) is 0 Å². The Labute approximate surface area is 136 Å². The molecule has 5 heteroatoms. The molecule has 0 N–H and O–H groups in total. The maximum absolute atomic E-state index is 13.3. The first-order chi connectivity index (χ1) is 11.1. The number of carbonyl (C=O) groups excluding carboxylic acids is 1. The van der Waals surface area contributed by atoms with Gasteiger partial charge in [0.25, 0.3) is 0 Å². The number of fused-ring (bicyclic) bond motifs is 2. The zero-order valence-electron chi connectivity index (χ0n) is 13.8. The second kappa shape index (κ2) is 5.48. The Balaban J connectivity index is 1.70. The summed E-state index contributed by atoms with van der Waals surface area (Å²) in [6.45, 7) is 3.01. The molecule has 23 heavy (non-hydrogen) atoms. The molecule has 0 saturated carbocycles. The minimum absolute atomic E-state index is 0.110. The molecule has 2 amide bonds. The first kappa shape index (κ1) is 14.9. The standard InChI is InChI=1S/C18H24FN3O/c1-20(2)18(23)22-11-15(12-3-5-14(19)6-4-12)17-16(22)13-7-9-21(17)10-8-13/h3-6,13,15-17H,7-11H2,1-2H3/t15-,16+,17+/m0/s1. The molecule has 0 unspecified atom stereocenters. The molecule has 1 aromatic carbocycles. The molecule has 4 nitrogen and oxygen atoms in total. The average Bonchev–Trinajstić information content (AvgIpc) is 2.98. The fraction of sp³-hybridized carbons (Fsp3) is 0.611. The molecule has 1 aromatic rings. The number of piperidine rings is 3. The smallest absolute Gasteiger partial charge is 0.319 e. The van der Waals surface area contributed by atoms with Crippen molar-refractivity contribution in [1.82, 2.24) is 14.7 Å². The van der Waals surface area contributed by atoms with Crippen LogP contribution in [0.1, 0.15) is 24.3 Å². The van der Waals surface area contributed by atoms with E-state index >= 15 is 0 Å². The van der Waals surface area contributed by atoms with Gasteiger partial charge >= 0.3 is 6.03 Å². The van der Waals surface area contributed by atoms with Crippen molar-refractivity contribution in [3.8, 4) is 0 Å². The molecule has 4 fully saturated rings. The third kappa shape index (κ3) is 2.33. The summed E-state index contributed by atoms with van der Waals surface area (Å²) in [5, 5.41) is 0. The second-order valence-electron chi connectivity index (χ2n) is 7.34. The molecule has 0 radical (unpaired) electrons. The summed E-state index contributed by atoms with van der Waals surface area (Å²) in [4.78, 5) is 19.0. The summed E-state index contributed by atoms with van der Waals surface area (Å²) in [6.07, 6.45) is 2.38. The van der Waals surface area contributed by atoms with Gasteiger partial charge in [0, 0.05) is 32.6 Å². The Kier molecular flexibility index (Phi) is 3.56. The highest BCUT2D eigenvalue weighted by Crippen LogP contribution is 2.46. The largest absolute Gasteiger partial charge is 0.331 e. The van der Waals surface area contributed by atoms with Crippen LogP contribution in [0.3, 0.4) is 0 Å². The SMILES string of the molecule is CN(C)C(=O)N1C[C@@H](c2ccc(F)cc2)[C@@H]2[C@H]1C1CCN2CC1. The van der Waals surface area contributed by atoms with Gasteiger partial charge in [-0.05, 0) is 49.5 Å². The molecule has 2 bridgehead atoms. The summed E-state index contributed by atoms with van der Waals surface area (Å²) in [6, 6.07) is 7.67. The predicted molar refractivity (Wildman–Crippen MR) is 86.8 cm³/mol. The van der Waals surface area contributed by atoms with Crippen LogP contribution in [-0.2, 0) is 0 Å². The molecule has 0 aromatic heterocycles. The predicted octanol–water partition coefficient (Wildman–Crippen LogP) is 2.37. The van der Waals surface area contributed by atoms with E-state index in [1.54, 1.807) is 4.90 Å². The van der Waals surface area contributed by atoms with Crippen molar-refractivity contribution in [3.63, 3.8) is 0 Å². The molecule has 4 heterocycles. The van der Waals surface area contributed by atoms with Gasteiger partial charge in [0.1, 0.15) is 5.82 Å². The lowest BCUT2D eigenvalue weighted by Crippen LogP contribution is -2.61. The number of likely N-dealkylation sites (tertiary alicyclic amines) is 1. The van der Waals surface area contributed by atoms with E-state index in [4.69, 9.17) is 0 Å². The van der Waals surface area contributed by atoms with Gasteiger partial charge in [0.2, 0.25) is 0 Å². The number of rotatable bonds is 1. The number of halogens is 1. The van der Waals surface area contributed by atoms with Gasteiger partial charge < -0.3 is 9.80 Å². The summed E-state index contributed by atoms with van der Waals surface area (Å²) in [5.74, 6) is 0.696. The quantitative estimate of drug-likeness (QED) is 0.795. The van der Waals surface area contributed by atoms with E-state index < -0.39 is 0 Å². The van der Waals surface area contributed by atoms with E-state index in [1.807, 2.05) is 26.2 Å². The summed E-state index contributed by atoms with van der Waals surface area (Å²) >= 11 is 0. The normalized spacial score (nSPS) is 35.3. The molecule has 4 saturated heterocycles. The van der Waals surface area contributed by atoms with E-state index in [0.717, 1.165) is 25.2 Å². The Bertz CT molecular complexity index is 595. The molecule has 4 aliphatic rings. The van der Waals surface area contributed by atoms with Gasteiger partial charge in [-0.25, -0.2) is 9.18 Å². The van der Waals surface area contributed by atoms with Crippen molar-refractivity contribution < 1.29 is 9.18 Å². The Hall–Kier alpha value is -1.62. The molecule has 0 aliphatic carbocycles. The van der Waals surface area contributed by atoms with Crippen LogP contribution in [0.2, 0.25) is 0 Å². The monoisotopic (exact) mass is 317 g/mol. The van der Waals surface area contributed by atoms with Gasteiger partial charge in [0.05, 0.1) is 6.04 Å². The van der Waals surface area contributed by atoms with E-state index in [2.05, 4.69) is 9.80 Å². The molecule has 124 valence electrons. The third-order valence-electron chi connectivity index (χ3n) is 5.92. The summed E-state index contributed by atoms with van der Waals surface area (Å²) in [7, 11) is 3.65. The van der Waals surface area contributed by atoms with E-state index in [9.17, 15) is 9.18 Å². The highest BCUT2D eigenvalue weighted by molar-refractivity contribution is 5.75. The van der Waals surface area contributed by atoms with Gasteiger partial charge in [-0.1, -0.05) is 12.1 Å². The van der Waals surface area contributed by atoms with Crippen molar-refractivity contribution in [2.75, 3.05) is 33.7 Å². The third-order valence-corrected chi connectivity index (χ3v) is 5.92. The van der Waals surface area contributed by atoms with Gasteiger partial charge in [-0.2, -0.15) is 0 Å². The number of hydrogen-bond donors (Lipinski definition) is 0. The van der Waals surface area contributed by atoms with E-state index in [0.29, 0.717) is 18.0 Å². The van der Waals surface area contributed by atoms with Crippen molar-refractivity contribution in [2.24, 2.45) is 5.92 Å². The summed E-state index contributed by atoms with van der Waals surface area (Å²) < 4.78 is 13.3. The minimum atomic E-state index is -0.199. The molecular formula is C18H24FN3O. The topological polar surface area (TPSA) is 26.8 Å². The Morgan fingerprint density at radius 1 is 1.13 bits per heavy atom. The number of urea groups is 1. The molecule has 3 atom stereocenters. The summed E-state index contributed by atoms with van der Waals surface area (Å²) in [5.41, 5.74) is 1.16. The number of nitrogens with zero attached hydrogens (tertiary/aromatic N) is 3. The fourth-order valence-electron chi connectivity index (χ4n) is 4.90. The van der Waals surface area contributed by atoms with Crippen molar-refractivity contribution in [1.29, 1.82) is 0 Å². The minimum Gasteiger partial charge on any atom is -0.331 e. The average molecular weight is 317 g/mol. The maximum atomic E-state index is 13.3. The van der Waals surface area contributed by atoms with Crippen LogP contribution in [-0.4, -0.2) is 66.5 Å². The highest BCUT2D eigenvalue weighted by Gasteiger charge is 2.54. The molecule has 4 aliphatic heterocycles. The van der Waals surface area contributed by atoms with Gasteiger partial charge in [0.15, 0.2) is 0 Å². The number of benzene rings is 1. The molecule has 5 rings (SSSR count). The van der Waals surface area contributed by atoms with Crippen LogP contribution in [0.4, 0.5) is 9.18 Å². The van der Waals surface area contributed by atoms with Crippen LogP contribution in [0, 0.1) is 11.7 Å². The number of carbonyl (C=O) groups is 1. The first-order valence-electron chi connectivity index (χ1n) is 8.53. The van der Waals surface area contributed by atoms with Crippen LogP contribution in [0.25, 0.3) is 0 Å². The van der Waals surface area contributed by atoms with E-state index in [1.165, 1.54) is 25.0 Å². The number of hydrogen-bond acceptors (Lipinski definition) is 2. The Morgan fingerprint density at radius 3 is 2.39 bits per heavy atom. The van der Waals surface area contributed by atoms with Crippen LogP contribution >= 0.6 is 0 Å². The Morgan fingerprint density at radius 2 is 1.78 bits per heavy atom. The zero-order chi connectivity index (χ0) is 16.1. The fourth-order valence-corrected chi connectivity index (χ4v) is 4.90. The maximum Gasteiger partial charge on any atom is 0.319 e. The lowest BCUT2D eigenvalue weighted by atomic mass is 9.75. The van der Waals surface area contributed by atoms with Crippen molar-refractivity contribution >= 4 is 6.03 Å². The first-order valence-corrected chi connectivity index (χ1v) is 8.53. The zero-order valence-corrected chi connectivity index (χ0v) is 13.8. The highest BCUT2D eigenvalue weighted by atomic mass is 19.1. The lowest BCUT2D eigenvalue weighted by molar-refractivity contribution is 0.000903. The van der Waals surface area contributed by atoms with Crippen LogP contribution < -0.4 is 0 Å². The molecule has 0 spiro atoms. The van der Waals surface area contributed by atoms with Gasteiger partial charge in [-0.15, -0.1) is 0 Å². The van der Waals surface area contributed by atoms with Crippen molar-refractivity contribution in [2.45, 2.75) is 30.8 Å². The molecular weight excluding hydrogens is 293 g/mol. The number of amides is 2. The van der Waals surface area contributed by atoms with Gasteiger partial charge in [-0.3, -0.25) is 4.90 Å². The second-order valence-corrected chi connectivity index (χ2v) is 7.34.